The third-order valence-corrected chi connectivity index (χ3v) is 9.61. The van der Waals surface area contributed by atoms with E-state index in [9.17, 15) is 44.5 Å². The number of allylic oxidation sites excluding steroid dienone is 6. The number of carbonyl (C=O) groups excluding carboxylic acids is 4. The molecule has 1 heterocycles. The predicted octanol–water partition coefficient (Wildman–Crippen LogP) is 4.89. The Labute approximate surface area is 267 Å². The summed E-state index contributed by atoms with van der Waals surface area (Å²) in [5, 5.41) is 35.1. The Balaban J connectivity index is 1.50. The number of ketones is 2. The maximum atomic E-state index is 14.2. The average molecular weight is 698 g/mol. The molecular formula is C30H22BrClN4O9. The Morgan fingerprint density at radius 3 is 2.24 bits per heavy atom. The fourth-order valence-corrected chi connectivity index (χ4v) is 7.66. The number of carbonyl (C=O) groups is 4. The standard InChI is InChI=1S/C30H22BrClN4O9/c1-33(2)27-20(35(42)43)8-13(9-21(27)36(44)45)34-29(40)15-5-4-14-16(25(15)30(34)41)10-18-26(23(38)11-19(31)28(18)39)24(14)17-7-12(32)3-6-22(17)37/h3-4,6-9,11,15-16,24-25,37H,5,10H2,1-2H3. The highest BCUT2D eigenvalue weighted by Crippen LogP contribution is 2.57. The van der Waals surface area contributed by atoms with E-state index in [2.05, 4.69) is 15.9 Å². The monoisotopic (exact) mass is 696 g/mol. The van der Waals surface area contributed by atoms with Gasteiger partial charge in [-0.2, -0.15) is 0 Å². The van der Waals surface area contributed by atoms with Crippen LogP contribution in [0.4, 0.5) is 22.7 Å². The lowest BCUT2D eigenvalue weighted by Crippen LogP contribution is -2.39. The van der Waals surface area contributed by atoms with Crippen LogP contribution < -0.4 is 9.80 Å². The van der Waals surface area contributed by atoms with Gasteiger partial charge in [-0.05, 0) is 52.9 Å². The quantitative estimate of drug-likeness (QED) is 0.148. The number of benzene rings is 2. The summed E-state index contributed by atoms with van der Waals surface area (Å²) in [4.78, 5) is 79.0. The van der Waals surface area contributed by atoms with Gasteiger partial charge in [-0.15, -0.1) is 0 Å². The number of nitro benzene ring substituents is 2. The largest absolute Gasteiger partial charge is 0.508 e. The van der Waals surface area contributed by atoms with Crippen LogP contribution in [0, 0.1) is 38.0 Å². The number of fused-ring (bicyclic) bond motifs is 3. The van der Waals surface area contributed by atoms with E-state index >= 15 is 0 Å². The van der Waals surface area contributed by atoms with Crippen molar-refractivity contribution in [2.24, 2.45) is 17.8 Å². The van der Waals surface area contributed by atoms with Crippen LogP contribution in [-0.4, -0.2) is 52.4 Å². The van der Waals surface area contributed by atoms with Gasteiger partial charge in [0.1, 0.15) is 5.75 Å². The molecular weight excluding hydrogens is 676 g/mol. The highest BCUT2D eigenvalue weighted by Gasteiger charge is 2.57. The number of Topliss-reactive ketones (excluding diaryl/α,β-unsaturated/α-hetero) is 1. The summed E-state index contributed by atoms with van der Waals surface area (Å²) < 4.78 is 0.0242. The van der Waals surface area contributed by atoms with E-state index in [1.165, 1.54) is 37.2 Å². The van der Waals surface area contributed by atoms with Gasteiger partial charge in [-0.3, -0.25) is 39.4 Å². The minimum absolute atomic E-state index is 0.0242. The van der Waals surface area contributed by atoms with E-state index < -0.39 is 68.3 Å². The van der Waals surface area contributed by atoms with Crippen molar-refractivity contribution in [1.29, 1.82) is 0 Å². The second-order valence-corrected chi connectivity index (χ2v) is 12.6. The van der Waals surface area contributed by atoms with E-state index in [1.807, 2.05) is 0 Å². The first-order valence-corrected chi connectivity index (χ1v) is 14.8. The second kappa shape index (κ2) is 10.7. The van der Waals surface area contributed by atoms with Gasteiger partial charge in [-0.25, -0.2) is 4.90 Å². The Bertz CT molecular complexity index is 1860. The molecule has 3 aliphatic carbocycles. The first kappa shape index (κ1) is 30.3. The van der Waals surface area contributed by atoms with Gasteiger partial charge in [-0.1, -0.05) is 23.3 Å². The van der Waals surface area contributed by atoms with E-state index in [4.69, 9.17) is 11.6 Å². The molecule has 4 unspecified atom stereocenters. The average Bonchev–Trinajstić information content (AvgIpc) is 3.24. The number of nitrogens with zero attached hydrogens (tertiary/aromatic N) is 4. The van der Waals surface area contributed by atoms with E-state index in [1.54, 1.807) is 6.08 Å². The number of phenolic OH excluding ortho intramolecular Hbond substituents is 1. The summed E-state index contributed by atoms with van der Waals surface area (Å²) in [6, 6.07) is 6.22. The molecule has 1 fully saturated rings. The molecule has 0 aromatic heterocycles. The van der Waals surface area contributed by atoms with Gasteiger partial charge >= 0.3 is 11.4 Å². The van der Waals surface area contributed by atoms with Crippen molar-refractivity contribution in [3.8, 4) is 5.75 Å². The molecule has 45 heavy (non-hydrogen) atoms. The Kier molecular flexibility index (Phi) is 7.24. The molecule has 2 aromatic carbocycles. The van der Waals surface area contributed by atoms with Gasteiger partial charge in [0.05, 0.1) is 31.9 Å². The Hall–Kier alpha value is -4.69. The number of nitro groups is 2. The Morgan fingerprint density at radius 2 is 1.64 bits per heavy atom. The molecule has 0 saturated carbocycles. The number of hydrogen-bond acceptors (Lipinski definition) is 10. The van der Waals surface area contributed by atoms with Crippen molar-refractivity contribution >= 4 is 73.7 Å². The highest BCUT2D eigenvalue weighted by molar-refractivity contribution is 9.12. The number of phenols is 1. The molecule has 2 amide bonds. The molecule has 1 N–H and O–H groups in total. The zero-order valence-electron chi connectivity index (χ0n) is 23.5. The van der Waals surface area contributed by atoms with Crippen LogP contribution in [0.3, 0.4) is 0 Å². The van der Waals surface area contributed by atoms with E-state index in [-0.39, 0.29) is 56.2 Å². The molecule has 0 bridgehead atoms. The first-order chi connectivity index (χ1) is 21.2. The lowest BCUT2D eigenvalue weighted by molar-refractivity contribution is -0.392. The van der Waals surface area contributed by atoms with E-state index in [0.29, 0.717) is 5.57 Å². The topological polar surface area (TPSA) is 181 Å². The molecule has 0 radical (unpaired) electrons. The van der Waals surface area contributed by atoms with Gasteiger partial charge < -0.3 is 10.0 Å². The lowest BCUT2D eigenvalue weighted by Gasteiger charge is -2.42. The number of hydrogen-bond donors (Lipinski definition) is 1. The summed E-state index contributed by atoms with van der Waals surface area (Å²) in [7, 11) is 2.79. The number of halogens is 2. The van der Waals surface area contributed by atoms with Crippen molar-refractivity contribution in [2.45, 2.75) is 18.8 Å². The van der Waals surface area contributed by atoms with E-state index in [0.717, 1.165) is 23.1 Å². The highest BCUT2D eigenvalue weighted by atomic mass is 79.9. The normalized spacial score (nSPS) is 24.1. The first-order valence-electron chi connectivity index (χ1n) is 13.6. The van der Waals surface area contributed by atoms with Gasteiger partial charge in [0.15, 0.2) is 17.3 Å². The molecule has 230 valence electrons. The number of amides is 2. The third-order valence-electron chi connectivity index (χ3n) is 8.79. The van der Waals surface area contributed by atoms with Crippen LogP contribution in [0.5, 0.6) is 5.75 Å². The molecule has 0 spiro atoms. The molecule has 4 atom stereocenters. The van der Waals surface area contributed by atoms with Crippen molar-refractivity contribution in [1.82, 2.24) is 0 Å². The smallest absolute Gasteiger partial charge is 0.301 e. The predicted molar refractivity (Wildman–Crippen MR) is 164 cm³/mol. The fraction of sp³-hybridized carbons (Fsp3) is 0.267. The van der Waals surface area contributed by atoms with Crippen molar-refractivity contribution < 1.29 is 34.1 Å². The van der Waals surface area contributed by atoms with Crippen LogP contribution in [0.2, 0.25) is 5.02 Å². The number of anilines is 2. The molecule has 1 saturated heterocycles. The minimum Gasteiger partial charge on any atom is -0.508 e. The van der Waals surface area contributed by atoms with Crippen LogP contribution >= 0.6 is 27.5 Å². The molecule has 13 nitrogen and oxygen atoms in total. The molecule has 1 aliphatic heterocycles. The molecule has 4 aliphatic rings. The van der Waals surface area contributed by atoms with Crippen LogP contribution in [0.1, 0.15) is 24.3 Å². The summed E-state index contributed by atoms with van der Waals surface area (Å²) in [5.74, 6) is -6.31. The maximum Gasteiger partial charge on any atom is 0.301 e. The zero-order valence-corrected chi connectivity index (χ0v) is 25.9. The molecule has 6 rings (SSSR count). The zero-order chi connectivity index (χ0) is 32.6. The number of aromatic hydroxyl groups is 1. The summed E-state index contributed by atoms with van der Waals surface area (Å²) in [6.07, 6.45) is 2.85. The van der Waals surface area contributed by atoms with Crippen LogP contribution in [0.25, 0.3) is 0 Å². The van der Waals surface area contributed by atoms with Crippen LogP contribution in [-0.2, 0) is 19.2 Å². The second-order valence-electron chi connectivity index (χ2n) is 11.3. The fourth-order valence-electron chi connectivity index (χ4n) is 7.03. The van der Waals surface area contributed by atoms with Gasteiger partial charge in [0.25, 0.3) is 0 Å². The summed E-state index contributed by atoms with van der Waals surface area (Å²) in [6.45, 7) is 0. The molecule has 2 aromatic rings. The minimum atomic E-state index is -1.06. The Morgan fingerprint density at radius 1 is 1.00 bits per heavy atom. The molecule has 15 heteroatoms. The SMILES string of the molecule is CN(C)c1c([N+](=O)[O-])cc(N2C(=O)C3CC=C4C(c5cc(Cl)ccc5O)C5=C(CC4C3C2=O)C(=O)C(Br)=CC5=O)cc1[N+](=O)[O-]. The van der Waals surface area contributed by atoms with Crippen molar-refractivity contribution in [2.75, 3.05) is 23.9 Å². The summed E-state index contributed by atoms with van der Waals surface area (Å²) >= 11 is 9.42. The van der Waals surface area contributed by atoms with Crippen LogP contribution in [0.15, 0.2) is 63.7 Å². The van der Waals surface area contributed by atoms with Crippen molar-refractivity contribution in [3.63, 3.8) is 0 Å². The van der Waals surface area contributed by atoms with Gasteiger partial charge in [0.2, 0.25) is 11.8 Å². The summed E-state index contributed by atoms with van der Waals surface area (Å²) in [5.41, 5.74) is -0.888. The third kappa shape index (κ3) is 4.58. The lowest BCUT2D eigenvalue weighted by atomic mass is 9.59. The van der Waals surface area contributed by atoms with Crippen molar-refractivity contribution in [3.05, 3.63) is 94.5 Å². The number of imide groups is 1. The number of rotatable bonds is 5. The van der Waals surface area contributed by atoms with Gasteiger partial charge in [0, 0.05) is 60.0 Å². The maximum absolute atomic E-state index is 14.2.